The highest BCUT2D eigenvalue weighted by Crippen LogP contribution is 2.40. The SMILES string of the molecule is Cc1nc2cc(O)c(-c3cc4c(nn3)N([C@H]3CC(C)(C)NC(C)(C)[C@H]3F)CC4)cc2nc1C.O=CO.O=CO. The zero-order chi connectivity index (χ0) is 29.1. The fourth-order valence-corrected chi connectivity index (χ4v) is 5.49. The van der Waals surface area contributed by atoms with Crippen molar-refractivity contribution in [2.75, 3.05) is 11.4 Å². The van der Waals surface area contributed by atoms with Gasteiger partial charge in [-0.05, 0) is 66.5 Å². The van der Waals surface area contributed by atoms with Crippen molar-refractivity contribution in [3.63, 3.8) is 0 Å². The van der Waals surface area contributed by atoms with Crippen LogP contribution in [0.25, 0.3) is 22.3 Å². The van der Waals surface area contributed by atoms with Gasteiger partial charge in [-0.15, -0.1) is 10.2 Å². The summed E-state index contributed by atoms with van der Waals surface area (Å²) in [5.74, 6) is 0.835. The molecule has 0 amide bonds. The van der Waals surface area contributed by atoms with Crippen LogP contribution in [0.15, 0.2) is 18.2 Å². The second-order valence-electron chi connectivity index (χ2n) is 10.9. The highest BCUT2D eigenvalue weighted by molar-refractivity contribution is 5.85. The highest BCUT2D eigenvalue weighted by atomic mass is 19.1. The normalized spacial score (nSPS) is 20.6. The zero-order valence-corrected chi connectivity index (χ0v) is 22.9. The number of benzene rings is 1. The van der Waals surface area contributed by atoms with Crippen molar-refractivity contribution in [3.8, 4) is 17.0 Å². The van der Waals surface area contributed by atoms with Crippen LogP contribution < -0.4 is 10.2 Å². The molecular formula is C27H35FN6O5. The monoisotopic (exact) mass is 542 g/mol. The summed E-state index contributed by atoms with van der Waals surface area (Å²) in [5.41, 5.74) is 4.40. The lowest BCUT2D eigenvalue weighted by molar-refractivity contribution is -0.123. The number of phenols is 1. The molecule has 12 heteroatoms. The van der Waals surface area contributed by atoms with E-state index in [-0.39, 0.29) is 30.3 Å². The Balaban J connectivity index is 0.000000643. The Morgan fingerprint density at radius 2 is 1.56 bits per heavy atom. The maximum absolute atomic E-state index is 15.5. The van der Waals surface area contributed by atoms with E-state index in [0.717, 1.165) is 29.2 Å². The minimum absolute atomic E-state index is 0.0924. The van der Waals surface area contributed by atoms with Crippen molar-refractivity contribution in [3.05, 3.63) is 35.2 Å². The number of rotatable bonds is 2. The van der Waals surface area contributed by atoms with Gasteiger partial charge in [-0.2, -0.15) is 0 Å². The van der Waals surface area contributed by atoms with Crippen LogP contribution >= 0.6 is 0 Å². The number of nitrogens with zero attached hydrogens (tertiary/aromatic N) is 5. The van der Waals surface area contributed by atoms with Crippen LogP contribution in [0.4, 0.5) is 10.2 Å². The number of phenolic OH excluding ortho intramolecular Hbond substituents is 1. The Labute approximate surface area is 226 Å². The molecule has 0 bridgehead atoms. The number of anilines is 1. The van der Waals surface area contributed by atoms with Gasteiger partial charge in [-0.1, -0.05) is 0 Å². The average Bonchev–Trinajstić information content (AvgIpc) is 3.26. The van der Waals surface area contributed by atoms with Crippen LogP contribution in [0.5, 0.6) is 5.75 Å². The Bertz CT molecular complexity index is 1360. The summed E-state index contributed by atoms with van der Waals surface area (Å²) in [6.07, 6.45) is 0.415. The molecule has 2 atom stereocenters. The van der Waals surface area contributed by atoms with Crippen molar-refractivity contribution in [1.29, 1.82) is 0 Å². The lowest BCUT2D eigenvalue weighted by atomic mass is 9.77. The molecule has 0 spiro atoms. The van der Waals surface area contributed by atoms with Gasteiger partial charge in [-0.25, -0.2) is 14.4 Å². The predicted octanol–water partition coefficient (Wildman–Crippen LogP) is 3.43. The second-order valence-corrected chi connectivity index (χ2v) is 10.9. The number of hydrogen-bond acceptors (Lipinski definition) is 9. The van der Waals surface area contributed by atoms with E-state index in [1.165, 1.54) is 0 Å². The van der Waals surface area contributed by atoms with Crippen LogP contribution in [0, 0.1) is 13.8 Å². The lowest BCUT2D eigenvalue weighted by Crippen LogP contribution is -2.69. The molecule has 210 valence electrons. The molecule has 5 rings (SSSR count). The fourth-order valence-electron chi connectivity index (χ4n) is 5.49. The fraction of sp³-hybridized carbons (Fsp3) is 0.481. The molecule has 2 aliphatic heterocycles. The van der Waals surface area contributed by atoms with Gasteiger partial charge in [0.2, 0.25) is 0 Å². The Hall–Kier alpha value is -3.93. The molecule has 0 saturated carbocycles. The third-order valence-corrected chi connectivity index (χ3v) is 7.02. The average molecular weight is 543 g/mol. The number of aromatic hydroxyl groups is 1. The molecule has 1 saturated heterocycles. The number of nitrogens with one attached hydrogen (secondary N) is 1. The number of piperidine rings is 1. The van der Waals surface area contributed by atoms with Crippen LogP contribution in [0.3, 0.4) is 0 Å². The molecular weight excluding hydrogens is 507 g/mol. The third kappa shape index (κ3) is 6.22. The van der Waals surface area contributed by atoms with Gasteiger partial charge in [0, 0.05) is 34.8 Å². The van der Waals surface area contributed by atoms with Crippen LogP contribution in [-0.2, 0) is 16.0 Å². The summed E-state index contributed by atoms with van der Waals surface area (Å²) < 4.78 is 15.5. The Morgan fingerprint density at radius 1 is 1.00 bits per heavy atom. The van der Waals surface area contributed by atoms with Gasteiger partial charge in [0.05, 0.1) is 34.2 Å². The number of halogens is 1. The summed E-state index contributed by atoms with van der Waals surface area (Å²) in [6, 6.07) is 5.12. The lowest BCUT2D eigenvalue weighted by Gasteiger charge is -2.51. The largest absolute Gasteiger partial charge is 0.507 e. The topological polar surface area (TPSA) is 162 Å². The Morgan fingerprint density at radius 3 is 2.15 bits per heavy atom. The molecule has 39 heavy (non-hydrogen) atoms. The Kier molecular flexibility index (Phi) is 8.69. The zero-order valence-electron chi connectivity index (χ0n) is 22.9. The summed E-state index contributed by atoms with van der Waals surface area (Å²) in [7, 11) is 0. The maximum atomic E-state index is 15.5. The number of carbonyl (C=O) groups is 2. The quantitative estimate of drug-likeness (QED) is 0.351. The van der Waals surface area contributed by atoms with E-state index >= 15 is 4.39 Å². The van der Waals surface area contributed by atoms with Crippen molar-refractivity contribution in [2.24, 2.45) is 0 Å². The van der Waals surface area contributed by atoms with Crippen molar-refractivity contribution < 1.29 is 29.3 Å². The molecule has 2 aromatic heterocycles. The van der Waals surface area contributed by atoms with Crippen molar-refractivity contribution in [2.45, 2.75) is 77.7 Å². The van der Waals surface area contributed by atoms with Gasteiger partial charge in [-0.3, -0.25) is 9.59 Å². The van der Waals surface area contributed by atoms with Crippen molar-refractivity contribution >= 4 is 29.8 Å². The summed E-state index contributed by atoms with van der Waals surface area (Å²) in [5, 5.41) is 36.8. The van der Waals surface area contributed by atoms with Crippen LogP contribution in [0.2, 0.25) is 0 Å². The van der Waals surface area contributed by atoms with E-state index in [9.17, 15) is 5.11 Å². The van der Waals surface area contributed by atoms with Crippen LogP contribution in [-0.4, -0.2) is 78.3 Å². The molecule has 3 aromatic rings. The summed E-state index contributed by atoms with van der Waals surface area (Å²) in [4.78, 5) is 27.9. The first-order valence-electron chi connectivity index (χ1n) is 12.5. The molecule has 0 radical (unpaired) electrons. The second kappa shape index (κ2) is 11.4. The third-order valence-electron chi connectivity index (χ3n) is 7.02. The number of carboxylic acid groups (broad SMARTS) is 2. The molecule has 1 fully saturated rings. The minimum atomic E-state index is -1.03. The van der Waals surface area contributed by atoms with E-state index < -0.39 is 11.7 Å². The molecule has 4 heterocycles. The first-order valence-corrected chi connectivity index (χ1v) is 12.5. The molecule has 0 unspecified atom stereocenters. The summed E-state index contributed by atoms with van der Waals surface area (Å²) >= 11 is 0. The van der Waals surface area contributed by atoms with Gasteiger partial charge >= 0.3 is 0 Å². The maximum Gasteiger partial charge on any atom is 0.290 e. The van der Waals surface area contributed by atoms with Gasteiger partial charge in [0.25, 0.3) is 12.9 Å². The molecule has 0 aliphatic carbocycles. The first-order chi connectivity index (χ1) is 18.3. The van der Waals surface area contributed by atoms with E-state index in [1.807, 2.05) is 39.8 Å². The predicted molar refractivity (Wildman–Crippen MR) is 145 cm³/mol. The number of aromatic nitrogens is 4. The first kappa shape index (κ1) is 29.6. The molecule has 4 N–H and O–H groups in total. The molecule has 2 aliphatic rings. The minimum Gasteiger partial charge on any atom is -0.507 e. The van der Waals surface area contributed by atoms with E-state index in [4.69, 9.17) is 19.8 Å². The van der Waals surface area contributed by atoms with Gasteiger partial charge < -0.3 is 25.5 Å². The smallest absolute Gasteiger partial charge is 0.290 e. The van der Waals surface area contributed by atoms with Gasteiger partial charge in [0.1, 0.15) is 11.9 Å². The number of hydrogen-bond donors (Lipinski definition) is 4. The molecule has 11 nitrogen and oxygen atoms in total. The van der Waals surface area contributed by atoms with E-state index in [2.05, 4.69) is 44.2 Å². The summed E-state index contributed by atoms with van der Waals surface area (Å²) in [6.45, 7) is 12.1. The highest BCUT2D eigenvalue weighted by Gasteiger charge is 2.49. The number of alkyl halides is 1. The number of aryl methyl sites for hydroxylation is 2. The molecule has 1 aromatic carbocycles. The van der Waals surface area contributed by atoms with E-state index in [0.29, 0.717) is 35.3 Å². The number of fused-ring (bicyclic) bond motifs is 2. The van der Waals surface area contributed by atoms with E-state index in [1.54, 1.807) is 6.07 Å². The van der Waals surface area contributed by atoms with Crippen LogP contribution in [0.1, 0.15) is 51.1 Å². The van der Waals surface area contributed by atoms with Gasteiger partial charge in [0.15, 0.2) is 5.82 Å². The standard InChI is InChI=1S/C25H31FN6O.2CH2O2/c1-13-14(2)28-19-11-21(33)16(10-18(19)27-13)17-9-15-7-8-32(23(15)30-29-17)20-12-24(3,4)31-25(5,6)22(20)26;2*2-1-3/h9-11,20,22,31,33H,7-8,12H2,1-6H3;2*1H,(H,2,3)/t20-,22-;;/m0../s1. The van der Waals surface area contributed by atoms with Crippen molar-refractivity contribution in [1.82, 2.24) is 25.5 Å².